The molecule has 236 valence electrons. The molecule has 10 nitrogen and oxygen atoms in total. The zero-order chi connectivity index (χ0) is 32.5. The Balaban J connectivity index is 1.40. The van der Waals surface area contributed by atoms with Gasteiger partial charge in [0.1, 0.15) is 5.75 Å². The van der Waals surface area contributed by atoms with Crippen LogP contribution >= 0.6 is 23.2 Å². The fourth-order valence-corrected chi connectivity index (χ4v) is 5.70. The van der Waals surface area contributed by atoms with Crippen LogP contribution in [0.3, 0.4) is 0 Å². The van der Waals surface area contributed by atoms with Crippen LogP contribution in [0.2, 0.25) is 10.0 Å². The highest BCUT2D eigenvalue weighted by molar-refractivity contribution is 6.42. The summed E-state index contributed by atoms with van der Waals surface area (Å²) >= 11 is 12.2. The molecule has 6 rings (SSSR count). The number of alkyl halides is 2. The number of benzene rings is 3. The third-order valence-corrected chi connectivity index (χ3v) is 8.43. The summed E-state index contributed by atoms with van der Waals surface area (Å²) in [7, 11) is 1.53. The highest BCUT2D eigenvalue weighted by Crippen LogP contribution is 2.28. The molecular formula is C32H26Cl2F2N6O4. The van der Waals surface area contributed by atoms with Crippen molar-refractivity contribution in [1.29, 1.82) is 0 Å². The molecule has 0 spiro atoms. The zero-order valence-corrected chi connectivity index (χ0v) is 25.8. The molecule has 0 saturated carbocycles. The molecule has 0 unspecified atom stereocenters. The summed E-state index contributed by atoms with van der Waals surface area (Å²) in [6, 6.07) is 17.5. The van der Waals surface area contributed by atoms with Gasteiger partial charge in [0, 0.05) is 36.8 Å². The lowest BCUT2D eigenvalue weighted by molar-refractivity contribution is -0.0498. The number of nitrogens with one attached hydrogen (secondary N) is 2. The van der Waals surface area contributed by atoms with E-state index < -0.39 is 6.61 Å². The van der Waals surface area contributed by atoms with Gasteiger partial charge in [0.15, 0.2) is 5.65 Å². The highest BCUT2D eigenvalue weighted by Gasteiger charge is 2.29. The molecule has 46 heavy (non-hydrogen) atoms. The number of halogens is 4. The van der Waals surface area contributed by atoms with Crippen LogP contribution in [-0.2, 0) is 19.5 Å². The number of anilines is 1. The van der Waals surface area contributed by atoms with Crippen LogP contribution in [0, 0.1) is 0 Å². The first-order chi connectivity index (χ1) is 22.1. The maximum absolute atomic E-state index is 14.2. The number of hydrogen-bond donors (Lipinski definition) is 2. The lowest BCUT2D eigenvalue weighted by Gasteiger charge is -2.29. The van der Waals surface area contributed by atoms with Gasteiger partial charge in [-0.25, -0.2) is 4.52 Å². The molecule has 1 aliphatic heterocycles. The molecule has 0 aliphatic carbocycles. The smallest absolute Gasteiger partial charge is 0.387 e. The standard InChI is InChI=1S/C32H26Cl2F2N6O4/c1-37-28(43)19-4-7-21(8-5-19)41-29-26(38-15-18-2-9-22(10-3-18)46-32(35)36)16-39-42(29)27-17-40(13-12-23(27)31(41)45)30(44)20-6-11-24(33)25(34)14-20/h2-11,14,16,32,38H,12-13,15,17H2,1H3,(H,37,43). The second-order valence-electron chi connectivity index (χ2n) is 10.5. The number of hydrogen-bond acceptors (Lipinski definition) is 6. The fraction of sp³-hybridized carbons (Fsp3) is 0.188. The molecule has 2 N–H and O–H groups in total. The van der Waals surface area contributed by atoms with Crippen LogP contribution in [0.1, 0.15) is 37.5 Å². The van der Waals surface area contributed by atoms with Crippen molar-refractivity contribution in [2.24, 2.45) is 0 Å². The lowest BCUT2D eigenvalue weighted by atomic mass is 10.0. The molecule has 5 aromatic rings. The largest absolute Gasteiger partial charge is 0.435 e. The number of carbonyl (C=O) groups is 2. The van der Waals surface area contributed by atoms with E-state index in [9.17, 15) is 23.2 Å². The third-order valence-electron chi connectivity index (χ3n) is 7.69. The highest BCUT2D eigenvalue weighted by atomic mass is 35.5. The number of carbonyl (C=O) groups excluding carboxylic acids is 2. The zero-order valence-electron chi connectivity index (χ0n) is 24.3. The molecule has 3 aromatic carbocycles. The monoisotopic (exact) mass is 666 g/mol. The van der Waals surface area contributed by atoms with E-state index in [1.54, 1.807) is 64.1 Å². The van der Waals surface area contributed by atoms with Gasteiger partial charge < -0.3 is 20.3 Å². The van der Waals surface area contributed by atoms with Crippen LogP contribution in [0.4, 0.5) is 14.5 Å². The van der Waals surface area contributed by atoms with E-state index in [-0.39, 0.29) is 47.7 Å². The minimum absolute atomic E-state index is 0.0374. The Bertz CT molecular complexity index is 2010. The Morgan fingerprint density at radius 2 is 1.72 bits per heavy atom. The summed E-state index contributed by atoms with van der Waals surface area (Å²) in [6.07, 6.45) is 1.86. The minimum Gasteiger partial charge on any atom is -0.435 e. The Kier molecular flexibility index (Phi) is 8.65. The molecular weight excluding hydrogens is 641 g/mol. The quantitative estimate of drug-likeness (QED) is 0.224. The van der Waals surface area contributed by atoms with Gasteiger partial charge in [-0.3, -0.25) is 19.0 Å². The Labute approximate surface area is 271 Å². The van der Waals surface area contributed by atoms with Crippen LogP contribution < -0.4 is 20.9 Å². The van der Waals surface area contributed by atoms with E-state index in [0.29, 0.717) is 51.0 Å². The van der Waals surface area contributed by atoms with Crippen molar-refractivity contribution in [1.82, 2.24) is 24.4 Å². The van der Waals surface area contributed by atoms with Crippen molar-refractivity contribution in [2.75, 3.05) is 18.9 Å². The molecule has 0 bridgehead atoms. The van der Waals surface area contributed by atoms with Gasteiger partial charge in [-0.1, -0.05) is 35.3 Å². The lowest BCUT2D eigenvalue weighted by Crippen LogP contribution is -2.41. The summed E-state index contributed by atoms with van der Waals surface area (Å²) < 4.78 is 32.7. The number of ether oxygens (including phenoxy) is 1. The van der Waals surface area contributed by atoms with E-state index in [1.807, 2.05) is 0 Å². The maximum Gasteiger partial charge on any atom is 0.387 e. The Morgan fingerprint density at radius 1 is 1.00 bits per heavy atom. The van der Waals surface area contributed by atoms with Crippen LogP contribution in [0.5, 0.6) is 5.75 Å². The van der Waals surface area contributed by atoms with E-state index in [0.717, 1.165) is 5.56 Å². The fourth-order valence-electron chi connectivity index (χ4n) is 5.40. The van der Waals surface area contributed by atoms with Gasteiger partial charge in [0.2, 0.25) is 0 Å². The first kappa shape index (κ1) is 31.1. The van der Waals surface area contributed by atoms with E-state index >= 15 is 0 Å². The van der Waals surface area contributed by atoms with Gasteiger partial charge in [-0.05, 0) is 66.6 Å². The first-order valence-corrected chi connectivity index (χ1v) is 14.9. The number of amides is 2. The van der Waals surface area contributed by atoms with Gasteiger partial charge in [-0.2, -0.15) is 13.9 Å². The molecule has 0 fully saturated rings. The van der Waals surface area contributed by atoms with Gasteiger partial charge in [0.05, 0.1) is 39.9 Å². The molecule has 2 amide bonds. The molecule has 14 heteroatoms. The van der Waals surface area contributed by atoms with Crippen molar-refractivity contribution < 1.29 is 23.1 Å². The van der Waals surface area contributed by atoms with Gasteiger partial charge in [-0.15, -0.1) is 0 Å². The summed E-state index contributed by atoms with van der Waals surface area (Å²) in [5.74, 6) is -0.496. The van der Waals surface area contributed by atoms with E-state index in [2.05, 4.69) is 20.5 Å². The Morgan fingerprint density at radius 3 is 2.39 bits per heavy atom. The van der Waals surface area contributed by atoms with Gasteiger partial charge >= 0.3 is 6.61 Å². The summed E-state index contributed by atoms with van der Waals surface area (Å²) in [6.45, 7) is -2.24. The molecule has 1 aliphatic rings. The average molecular weight is 668 g/mol. The maximum atomic E-state index is 14.2. The molecule has 2 aromatic heterocycles. The molecule has 3 heterocycles. The van der Waals surface area contributed by atoms with Gasteiger partial charge in [0.25, 0.3) is 17.4 Å². The predicted octanol–water partition coefficient (Wildman–Crippen LogP) is 5.56. The van der Waals surface area contributed by atoms with Crippen molar-refractivity contribution in [3.63, 3.8) is 0 Å². The normalized spacial score (nSPS) is 12.7. The Hall–Kier alpha value is -4.94. The first-order valence-electron chi connectivity index (χ1n) is 14.1. The van der Waals surface area contributed by atoms with E-state index in [4.69, 9.17) is 23.2 Å². The summed E-state index contributed by atoms with van der Waals surface area (Å²) in [5, 5.41) is 11.1. The molecule has 0 atom stereocenters. The molecule has 0 saturated heterocycles. The summed E-state index contributed by atoms with van der Waals surface area (Å²) in [5.41, 5.74) is 3.77. The van der Waals surface area contributed by atoms with Crippen molar-refractivity contribution in [3.8, 4) is 11.4 Å². The molecule has 0 radical (unpaired) electrons. The SMILES string of the molecule is CNC(=O)c1ccc(-n2c(=O)c3c(n4ncc(NCc5ccc(OC(F)F)cc5)c24)CN(C(=O)c2ccc(Cl)c(Cl)c2)CC3)cc1. The van der Waals surface area contributed by atoms with Crippen molar-refractivity contribution >= 4 is 46.4 Å². The second kappa shape index (κ2) is 12.8. The van der Waals surface area contributed by atoms with Crippen molar-refractivity contribution in [3.05, 3.63) is 121 Å². The topological polar surface area (TPSA) is 110 Å². The minimum atomic E-state index is -2.92. The predicted molar refractivity (Wildman–Crippen MR) is 169 cm³/mol. The third kappa shape index (κ3) is 6.01. The van der Waals surface area contributed by atoms with E-state index in [1.165, 1.54) is 29.8 Å². The van der Waals surface area contributed by atoms with Crippen LogP contribution in [0.25, 0.3) is 11.3 Å². The number of nitrogens with zero attached hydrogens (tertiary/aromatic N) is 4. The van der Waals surface area contributed by atoms with Crippen molar-refractivity contribution in [2.45, 2.75) is 26.1 Å². The van der Waals surface area contributed by atoms with Crippen LogP contribution in [0.15, 0.2) is 77.7 Å². The summed E-state index contributed by atoms with van der Waals surface area (Å²) in [4.78, 5) is 41.4. The number of fused-ring (bicyclic) bond motifs is 3. The average Bonchev–Trinajstić information content (AvgIpc) is 3.48. The number of aromatic nitrogens is 3. The number of rotatable bonds is 8. The van der Waals surface area contributed by atoms with Crippen LogP contribution in [-0.4, -0.2) is 51.1 Å². The second-order valence-corrected chi connectivity index (χ2v) is 11.3.